The number of carbonyl (C=O) groups is 1. The lowest BCUT2D eigenvalue weighted by Crippen LogP contribution is -2.01. The molecule has 0 atom stereocenters. The van der Waals surface area contributed by atoms with Crippen molar-refractivity contribution in [1.82, 2.24) is 4.98 Å². The van der Waals surface area contributed by atoms with Crippen LogP contribution in [0.1, 0.15) is 16.2 Å². The van der Waals surface area contributed by atoms with Crippen LogP contribution in [-0.2, 0) is 0 Å². The number of nitrogens with zero attached hydrogens (tertiary/aromatic N) is 1. The van der Waals surface area contributed by atoms with Crippen molar-refractivity contribution in [2.75, 3.05) is 0 Å². The van der Waals surface area contributed by atoms with Crippen molar-refractivity contribution >= 4 is 28.4 Å². The van der Waals surface area contributed by atoms with E-state index < -0.39 is 0 Å². The first kappa shape index (κ1) is 11.0. The first-order valence-corrected chi connectivity index (χ1v) is 5.77. The Morgan fingerprint density at radius 2 is 2.00 bits per heavy atom. The molecule has 0 fully saturated rings. The Balaban J connectivity index is 2.03. The Morgan fingerprint density at radius 1 is 1.17 bits per heavy atom. The van der Waals surface area contributed by atoms with Crippen LogP contribution in [0.25, 0.3) is 11.0 Å². The van der Waals surface area contributed by atoms with Gasteiger partial charge in [-0.3, -0.25) is 9.78 Å². The molecule has 0 aliphatic rings. The van der Waals surface area contributed by atoms with Crippen LogP contribution in [0.15, 0.2) is 53.1 Å². The number of pyridine rings is 1. The van der Waals surface area contributed by atoms with Gasteiger partial charge < -0.3 is 4.42 Å². The van der Waals surface area contributed by atoms with Gasteiger partial charge in [0.05, 0.1) is 5.02 Å². The maximum Gasteiger partial charge on any atom is 0.246 e. The number of carbonyl (C=O) groups excluding carboxylic acids is 1. The number of rotatable bonds is 2. The van der Waals surface area contributed by atoms with Crippen molar-refractivity contribution in [3.8, 4) is 0 Å². The van der Waals surface area contributed by atoms with Crippen LogP contribution < -0.4 is 0 Å². The predicted octanol–water partition coefficient (Wildman–Crippen LogP) is 3.71. The molecule has 0 N–H and O–H groups in total. The normalized spacial score (nSPS) is 10.7. The summed E-state index contributed by atoms with van der Waals surface area (Å²) in [5, 5.41) is 1.39. The van der Waals surface area contributed by atoms with E-state index in [1.807, 2.05) is 24.3 Å². The van der Waals surface area contributed by atoms with Crippen molar-refractivity contribution in [3.05, 3.63) is 65.1 Å². The van der Waals surface area contributed by atoms with Crippen molar-refractivity contribution in [2.45, 2.75) is 0 Å². The minimum atomic E-state index is -0.247. The van der Waals surface area contributed by atoms with Gasteiger partial charge in [0, 0.05) is 11.6 Å². The molecule has 2 aromatic heterocycles. The maximum atomic E-state index is 12.1. The van der Waals surface area contributed by atoms with E-state index in [0.29, 0.717) is 16.3 Å². The molecule has 0 bridgehead atoms. The number of benzene rings is 1. The van der Waals surface area contributed by atoms with Gasteiger partial charge in [-0.25, -0.2) is 0 Å². The molecule has 3 nitrogen and oxygen atoms in total. The van der Waals surface area contributed by atoms with E-state index in [0.717, 1.165) is 5.39 Å². The Morgan fingerprint density at radius 3 is 2.72 bits per heavy atom. The highest BCUT2D eigenvalue weighted by Crippen LogP contribution is 2.21. The second-order valence-electron chi connectivity index (χ2n) is 3.84. The lowest BCUT2D eigenvalue weighted by molar-refractivity contribution is 0.101. The molecule has 0 aliphatic heterocycles. The standard InChI is InChI=1S/C14H8ClNO2/c15-10-5-6-11(16-8-10)14(17)13-7-9-3-1-2-4-12(9)18-13/h1-8H. The van der Waals surface area contributed by atoms with Gasteiger partial charge in [-0.15, -0.1) is 0 Å². The van der Waals surface area contributed by atoms with E-state index in [9.17, 15) is 4.79 Å². The smallest absolute Gasteiger partial charge is 0.246 e. The number of aromatic nitrogens is 1. The van der Waals surface area contributed by atoms with Crippen LogP contribution in [0.4, 0.5) is 0 Å². The van der Waals surface area contributed by atoms with Gasteiger partial charge in [-0.1, -0.05) is 29.8 Å². The molecule has 2 heterocycles. The molecular weight excluding hydrogens is 250 g/mol. The van der Waals surface area contributed by atoms with Gasteiger partial charge in [-0.05, 0) is 24.3 Å². The number of furan rings is 1. The fourth-order valence-electron chi connectivity index (χ4n) is 1.73. The van der Waals surface area contributed by atoms with Gasteiger partial charge in [-0.2, -0.15) is 0 Å². The van der Waals surface area contributed by atoms with Crippen LogP contribution >= 0.6 is 11.6 Å². The fourth-order valence-corrected chi connectivity index (χ4v) is 1.84. The third-order valence-corrected chi connectivity index (χ3v) is 2.83. The number of fused-ring (bicyclic) bond motifs is 1. The highest BCUT2D eigenvalue weighted by molar-refractivity contribution is 6.30. The van der Waals surface area contributed by atoms with Crippen LogP contribution in [0.5, 0.6) is 0 Å². The molecule has 0 saturated heterocycles. The summed E-state index contributed by atoms with van der Waals surface area (Å²) in [5.41, 5.74) is 1.01. The number of ketones is 1. The number of hydrogen-bond acceptors (Lipinski definition) is 3. The highest BCUT2D eigenvalue weighted by Gasteiger charge is 2.15. The van der Waals surface area contributed by atoms with Gasteiger partial charge >= 0.3 is 0 Å². The molecule has 4 heteroatoms. The summed E-state index contributed by atoms with van der Waals surface area (Å²) in [6, 6.07) is 12.4. The average molecular weight is 258 g/mol. The Bertz CT molecular complexity index is 683. The van der Waals surface area contributed by atoms with Crippen molar-refractivity contribution in [1.29, 1.82) is 0 Å². The second kappa shape index (κ2) is 4.27. The van der Waals surface area contributed by atoms with Gasteiger partial charge in [0.2, 0.25) is 5.78 Å². The maximum absolute atomic E-state index is 12.1. The molecule has 88 valence electrons. The van der Waals surface area contributed by atoms with E-state index in [2.05, 4.69) is 4.98 Å². The zero-order chi connectivity index (χ0) is 12.5. The molecule has 3 aromatic rings. The van der Waals surface area contributed by atoms with Gasteiger partial charge in [0.25, 0.3) is 0 Å². The first-order valence-electron chi connectivity index (χ1n) is 5.39. The fraction of sp³-hybridized carbons (Fsp3) is 0. The van der Waals surface area contributed by atoms with Crippen LogP contribution in [-0.4, -0.2) is 10.8 Å². The zero-order valence-corrected chi connectivity index (χ0v) is 10.0. The Kier molecular flexibility index (Phi) is 2.61. The monoisotopic (exact) mass is 257 g/mol. The third kappa shape index (κ3) is 1.89. The topological polar surface area (TPSA) is 43.1 Å². The largest absolute Gasteiger partial charge is 0.453 e. The van der Waals surface area contributed by atoms with E-state index in [1.165, 1.54) is 6.20 Å². The molecule has 0 spiro atoms. The zero-order valence-electron chi connectivity index (χ0n) is 9.26. The van der Waals surface area contributed by atoms with Crippen molar-refractivity contribution in [3.63, 3.8) is 0 Å². The summed E-state index contributed by atoms with van der Waals surface area (Å²) < 4.78 is 5.49. The van der Waals surface area contributed by atoms with Crippen LogP contribution in [0, 0.1) is 0 Å². The molecule has 1 aromatic carbocycles. The highest BCUT2D eigenvalue weighted by atomic mass is 35.5. The summed E-state index contributed by atoms with van der Waals surface area (Å²) in [5.74, 6) is 0.0360. The van der Waals surface area contributed by atoms with E-state index >= 15 is 0 Å². The first-order chi connectivity index (χ1) is 8.74. The van der Waals surface area contributed by atoms with Gasteiger partial charge in [0.1, 0.15) is 11.3 Å². The summed E-state index contributed by atoms with van der Waals surface area (Å²) in [4.78, 5) is 16.1. The van der Waals surface area contributed by atoms with Gasteiger partial charge in [0.15, 0.2) is 5.76 Å². The Labute approximate surface area is 108 Å². The number of para-hydroxylation sites is 1. The van der Waals surface area contributed by atoms with Crippen molar-refractivity contribution < 1.29 is 9.21 Å². The molecule has 0 aliphatic carbocycles. The summed E-state index contributed by atoms with van der Waals surface area (Å²) in [6.07, 6.45) is 1.44. The third-order valence-electron chi connectivity index (χ3n) is 2.61. The minimum absolute atomic E-state index is 0.247. The number of hydrogen-bond donors (Lipinski definition) is 0. The second-order valence-corrected chi connectivity index (χ2v) is 4.28. The molecule has 0 amide bonds. The lowest BCUT2D eigenvalue weighted by Gasteiger charge is -1.96. The summed E-state index contributed by atoms with van der Waals surface area (Å²) >= 11 is 5.73. The lowest BCUT2D eigenvalue weighted by atomic mass is 10.2. The minimum Gasteiger partial charge on any atom is -0.453 e. The van der Waals surface area contributed by atoms with E-state index in [4.69, 9.17) is 16.0 Å². The summed E-state index contributed by atoms with van der Waals surface area (Å²) in [6.45, 7) is 0. The predicted molar refractivity (Wildman–Crippen MR) is 68.9 cm³/mol. The number of halogens is 1. The van der Waals surface area contributed by atoms with E-state index in [1.54, 1.807) is 18.2 Å². The SMILES string of the molecule is O=C(c1ccc(Cl)cn1)c1cc2ccccc2o1. The van der Waals surface area contributed by atoms with Crippen LogP contribution in [0.3, 0.4) is 0 Å². The molecule has 0 radical (unpaired) electrons. The molecular formula is C14H8ClNO2. The Hall–Kier alpha value is -2.13. The average Bonchev–Trinajstić information content (AvgIpc) is 2.82. The molecule has 18 heavy (non-hydrogen) atoms. The molecule has 0 saturated carbocycles. The van der Waals surface area contributed by atoms with Crippen LogP contribution in [0.2, 0.25) is 5.02 Å². The summed E-state index contributed by atoms with van der Waals surface area (Å²) in [7, 11) is 0. The molecule has 0 unspecified atom stereocenters. The van der Waals surface area contributed by atoms with E-state index in [-0.39, 0.29) is 11.5 Å². The quantitative estimate of drug-likeness (QED) is 0.657. The molecule has 3 rings (SSSR count). The van der Waals surface area contributed by atoms with Crippen molar-refractivity contribution in [2.24, 2.45) is 0 Å².